The molecule has 1 atom stereocenters. The van der Waals surface area contributed by atoms with Crippen molar-refractivity contribution in [3.8, 4) is 0 Å². The molecule has 96 valence electrons. The minimum atomic E-state index is 0.0756. The van der Waals surface area contributed by atoms with Crippen molar-refractivity contribution in [2.45, 2.75) is 46.2 Å². The van der Waals surface area contributed by atoms with Gasteiger partial charge in [0, 0.05) is 23.5 Å². The third kappa shape index (κ3) is 5.28. The maximum absolute atomic E-state index is 11.6. The highest BCUT2D eigenvalue weighted by molar-refractivity contribution is 7.11. The Morgan fingerprint density at radius 3 is 2.88 bits per heavy atom. The number of rotatable bonds is 7. The van der Waals surface area contributed by atoms with Crippen molar-refractivity contribution in [3.63, 3.8) is 0 Å². The second-order valence-electron chi connectivity index (χ2n) is 4.01. The van der Waals surface area contributed by atoms with E-state index in [2.05, 4.69) is 22.5 Å². The molecule has 1 heterocycles. The lowest BCUT2D eigenvalue weighted by molar-refractivity contribution is -0.121. The van der Waals surface area contributed by atoms with E-state index in [9.17, 15) is 4.79 Å². The van der Waals surface area contributed by atoms with Gasteiger partial charge >= 0.3 is 0 Å². The minimum Gasteiger partial charge on any atom is -0.350 e. The largest absolute Gasteiger partial charge is 0.350 e. The molecule has 4 nitrogen and oxygen atoms in total. The number of hydrogen-bond donors (Lipinski definition) is 2. The maximum atomic E-state index is 11.6. The van der Waals surface area contributed by atoms with Crippen LogP contribution < -0.4 is 10.6 Å². The highest BCUT2D eigenvalue weighted by Crippen LogP contribution is 2.12. The Kier molecular flexibility index (Phi) is 6.15. The van der Waals surface area contributed by atoms with Crippen molar-refractivity contribution in [3.05, 3.63) is 16.1 Å². The van der Waals surface area contributed by atoms with Gasteiger partial charge in [0.15, 0.2) is 0 Å². The Morgan fingerprint density at radius 2 is 2.29 bits per heavy atom. The molecule has 1 aromatic rings. The first-order valence-corrected chi connectivity index (χ1v) is 6.91. The van der Waals surface area contributed by atoms with E-state index < -0.39 is 0 Å². The summed E-state index contributed by atoms with van der Waals surface area (Å²) in [6.07, 6.45) is 3.40. The van der Waals surface area contributed by atoms with E-state index in [0.717, 1.165) is 18.0 Å². The zero-order valence-electron chi connectivity index (χ0n) is 10.7. The van der Waals surface area contributed by atoms with Crippen LogP contribution in [-0.4, -0.2) is 23.5 Å². The first kappa shape index (κ1) is 14.1. The average molecular weight is 255 g/mol. The molecule has 0 saturated heterocycles. The molecule has 0 saturated carbocycles. The number of aryl methyl sites for hydroxylation is 1. The fraction of sp³-hybridized carbons (Fsp3) is 0.667. The van der Waals surface area contributed by atoms with Gasteiger partial charge in [-0.05, 0) is 19.9 Å². The smallest absolute Gasteiger partial charge is 0.221 e. The van der Waals surface area contributed by atoms with Gasteiger partial charge in [-0.15, -0.1) is 11.3 Å². The molecular formula is C12H21N3OS. The van der Waals surface area contributed by atoms with Crippen LogP contribution in [0, 0.1) is 0 Å². The van der Waals surface area contributed by atoms with Gasteiger partial charge in [-0.25, -0.2) is 4.98 Å². The average Bonchev–Trinajstić information content (AvgIpc) is 2.74. The number of nitrogens with one attached hydrogen (secondary N) is 2. The van der Waals surface area contributed by atoms with E-state index in [1.54, 1.807) is 11.3 Å². The summed E-state index contributed by atoms with van der Waals surface area (Å²) in [4.78, 5) is 17.1. The summed E-state index contributed by atoms with van der Waals surface area (Å²) in [6.45, 7) is 7.59. The molecule has 2 N–H and O–H groups in total. The predicted octanol–water partition coefficient (Wildman–Crippen LogP) is 1.71. The van der Waals surface area contributed by atoms with Crippen molar-refractivity contribution in [2.75, 3.05) is 6.54 Å². The molecule has 0 bridgehead atoms. The van der Waals surface area contributed by atoms with E-state index in [-0.39, 0.29) is 11.9 Å². The molecule has 0 aliphatic heterocycles. The zero-order chi connectivity index (χ0) is 12.7. The summed E-state index contributed by atoms with van der Waals surface area (Å²) in [5.41, 5.74) is 0. The van der Waals surface area contributed by atoms with Gasteiger partial charge in [0.05, 0.1) is 6.54 Å². The summed E-state index contributed by atoms with van der Waals surface area (Å²) in [7, 11) is 0. The summed E-state index contributed by atoms with van der Waals surface area (Å²) >= 11 is 1.66. The summed E-state index contributed by atoms with van der Waals surface area (Å²) in [5.74, 6) is 0.0756. The van der Waals surface area contributed by atoms with Crippen LogP contribution in [0.3, 0.4) is 0 Å². The number of amides is 1. The molecule has 1 amide bonds. The van der Waals surface area contributed by atoms with E-state index in [1.807, 2.05) is 20.0 Å². The molecule has 1 rings (SSSR count). The van der Waals surface area contributed by atoms with E-state index in [1.165, 1.54) is 4.88 Å². The normalized spacial score (nSPS) is 12.4. The monoisotopic (exact) mass is 255 g/mol. The quantitative estimate of drug-likeness (QED) is 0.780. The van der Waals surface area contributed by atoms with Crippen LogP contribution in [-0.2, 0) is 17.8 Å². The van der Waals surface area contributed by atoms with Crippen LogP contribution in [0.2, 0.25) is 0 Å². The van der Waals surface area contributed by atoms with Gasteiger partial charge in [0.25, 0.3) is 0 Å². The second kappa shape index (κ2) is 7.40. The number of hydrogen-bond acceptors (Lipinski definition) is 4. The lowest BCUT2D eigenvalue weighted by Gasteiger charge is -2.11. The van der Waals surface area contributed by atoms with Crippen LogP contribution in [0.4, 0.5) is 0 Å². The lowest BCUT2D eigenvalue weighted by atomic mass is 10.2. The minimum absolute atomic E-state index is 0.0756. The number of thiazole rings is 1. The van der Waals surface area contributed by atoms with Crippen molar-refractivity contribution < 1.29 is 4.79 Å². The molecule has 17 heavy (non-hydrogen) atoms. The van der Waals surface area contributed by atoms with Crippen molar-refractivity contribution >= 4 is 17.2 Å². The van der Waals surface area contributed by atoms with Gasteiger partial charge in [0.2, 0.25) is 5.91 Å². The lowest BCUT2D eigenvalue weighted by Crippen LogP contribution is -2.33. The number of aromatic nitrogens is 1. The maximum Gasteiger partial charge on any atom is 0.221 e. The van der Waals surface area contributed by atoms with Crippen molar-refractivity contribution in [1.29, 1.82) is 0 Å². The van der Waals surface area contributed by atoms with Crippen LogP contribution in [0.25, 0.3) is 0 Å². The van der Waals surface area contributed by atoms with E-state index >= 15 is 0 Å². The van der Waals surface area contributed by atoms with Crippen LogP contribution in [0.1, 0.15) is 37.1 Å². The third-order valence-corrected chi connectivity index (χ3v) is 3.57. The Hall–Kier alpha value is -0.940. The molecule has 1 unspecified atom stereocenters. The van der Waals surface area contributed by atoms with Crippen LogP contribution >= 0.6 is 11.3 Å². The summed E-state index contributed by atoms with van der Waals surface area (Å²) < 4.78 is 0. The topological polar surface area (TPSA) is 54.0 Å². The van der Waals surface area contributed by atoms with Gasteiger partial charge in [0.1, 0.15) is 5.01 Å². The molecular weight excluding hydrogens is 234 g/mol. The molecule has 0 fully saturated rings. The Balaban J connectivity index is 2.27. The fourth-order valence-electron chi connectivity index (χ4n) is 1.54. The second-order valence-corrected chi connectivity index (χ2v) is 5.21. The summed E-state index contributed by atoms with van der Waals surface area (Å²) in [5, 5.41) is 7.09. The Bertz CT molecular complexity index is 351. The first-order valence-electron chi connectivity index (χ1n) is 6.09. The standard InChI is InChI=1S/C12H21N3OS/c1-4-10-7-15-12(17-10)8-14-11(16)6-9(3)13-5-2/h7,9,13H,4-6,8H2,1-3H3,(H,14,16). The molecule has 0 aromatic carbocycles. The zero-order valence-corrected chi connectivity index (χ0v) is 11.6. The van der Waals surface area contributed by atoms with E-state index in [0.29, 0.717) is 13.0 Å². The SMILES string of the molecule is CCNC(C)CC(=O)NCc1ncc(CC)s1. The van der Waals surface area contributed by atoms with Crippen LogP contribution in [0.15, 0.2) is 6.20 Å². The highest BCUT2D eigenvalue weighted by atomic mass is 32.1. The number of carbonyl (C=O) groups is 1. The Morgan fingerprint density at radius 1 is 1.53 bits per heavy atom. The van der Waals surface area contributed by atoms with Gasteiger partial charge in [-0.3, -0.25) is 4.79 Å². The Labute approximate surface area is 107 Å². The van der Waals surface area contributed by atoms with Gasteiger partial charge in [-0.1, -0.05) is 13.8 Å². The molecule has 0 radical (unpaired) electrons. The molecule has 0 spiro atoms. The molecule has 5 heteroatoms. The molecule has 0 aliphatic carbocycles. The summed E-state index contributed by atoms with van der Waals surface area (Å²) in [6, 6.07) is 0.225. The predicted molar refractivity (Wildman–Crippen MR) is 71.1 cm³/mol. The van der Waals surface area contributed by atoms with Crippen LogP contribution in [0.5, 0.6) is 0 Å². The third-order valence-electron chi connectivity index (χ3n) is 2.43. The highest BCUT2D eigenvalue weighted by Gasteiger charge is 2.08. The number of carbonyl (C=O) groups excluding carboxylic acids is 1. The molecule has 1 aromatic heterocycles. The molecule has 0 aliphatic rings. The van der Waals surface area contributed by atoms with E-state index in [4.69, 9.17) is 0 Å². The van der Waals surface area contributed by atoms with Crippen molar-refractivity contribution in [2.24, 2.45) is 0 Å². The van der Waals surface area contributed by atoms with Gasteiger partial charge < -0.3 is 10.6 Å². The first-order chi connectivity index (χ1) is 8.15. The van der Waals surface area contributed by atoms with Crippen molar-refractivity contribution in [1.82, 2.24) is 15.6 Å². The van der Waals surface area contributed by atoms with Gasteiger partial charge in [-0.2, -0.15) is 0 Å². The fourth-order valence-corrected chi connectivity index (χ4v) is 2.34. The number of nitrogens with zero attached hydrogens (tertiary/aromatic N) is 1.